The Kier molecular flexibility index (Phi) is 53.1. The summed E-state index contributed by atoms with van der Waals surface area (Å²) in [4.78, 5) is 79.0. The molecule has 2 saturated heterocycles. The first kappa shape index (κ1) is 104. The highest BCUT2D eigenvalue weighted by Gasteiger charge is 2.50. The molecule has 111 heavy (non-hydrogen) atoms. The standard InChI is InChI=1S/C36H54N6O11S2.C15H16N4O2S2.C15H27NO7.C6H11NO2.CH4/c1-24-28(46)29(47)26(20-44)53-30(24)52-19-18-50-16-13-40-33(49)36(4,55-31(54)25-8-6-5-7-9-25)22-35(3,32(48)39-12-15-43)21-34(2,23-37)11-10-27(45)51-17-14-41-42-38;1-15(11-16,8-7-13(20)21-10-9-18-19-17)23-14(22)12-5-3-2-4-6-12;1-9(2)14(20)16-4-5-21-6-7-22-15-10(3)12(18)13(19)11(8-17)23-15;1-5(2)6(9)7-3-4-8;/h5-9,24,26,28-30,43-44,46-47H,10-22H2,1-4H3,(H,39,48)(H,40,49);2-6H,7-10H2,1H3;10-13,15,17-19H,1,4-8H2,2-3H3,(H,16,20);8H,1,3-4H2,2H3,(H,7,9);1H4/t24-,26-,28-,29-,30-,34?,35?,36?;;10-,11-,12-,13-,15-;;/m0.0../s1. The van der Waals surface area contributed by atoms with E-state index in [-0.39, 0.29) is 137 Å². The smallest absolute Gasteiger partial charge is 0.305 e. The summed E-state index contributed by atoms with van der Waals surface area (Å²) in [5.74, 6) is -3.39. The number of hydrogen-bond acceptors (Lipinski definition) is 30. The zero-order valence-electron chi connectivity index (χ0n) is 63.4. The average molecular weight is 1640 g/mol. The van der Waals surface area contributed by atoms with Crippen LogP contribution in [0.25, 0.3) is 20.9 Å². The third kappa shape index (κ3) is 40.3. The summed E-state index contributed by atoms with van der Waals surface area (Å²) in [5, 5.41) is 113. The van der Waals surface area contributed by atoms with E-state index in [0.717, 1.165) is 17.3 Å². The molecular weight excluding hydrogens is 1530 g/mol. The topological polar surface area (TPSA) is 531 Å². The number of nitrogens with zero attached hydrogens (tertiary/aromatic N) is 8. The van der Waals surface area contributed by atoms with Crippen molar-refractivity contribution in [3.05, 3.63) is 117 Å². The van der Waals surface area contributed by atoms with Gasteiger partial charge >= 0.3 is 11.9 Å². The Labute approximate surface area is 668 Å². The van der Waals surface area contributed by atoms with E-state index in [9.17, 15) is 69.9 Å². The molecule has 0 saturated carbocycles. The van der Waals surface area contributed by atoms with Gasteiger partial charge in [0.2, 0.25) is 23.6 Å². The molecule has 0 bridgehead atoms. The summed E-state index contributed by atoms with van der Waals surface area (Å²) in [7, 11) is 0. The number of nitrogens with one attached hydrogen (secondary N) is 4. The van der Waals surface area contributed by atoms with Crippen LogP contribution in [-0.4, -0.2) is 262 Å². The maximum atomic E-state index is 14.1. The summed E-state index contributed by atoms with van der Waals surface area (Å²) in [6, 6.07) is 23.0. The molecule has 12 N–H and O–H groups in total. The Balaban J connectivity index is 0.00000176. The van der Waals surface area contributed by atoms with E-state index in [2.05, 4.69) is 66.6 Å². The minimum atomic E-state index is -1.39. The molecule has 4 amide bonds. The second-order valence-electron chi connectivity index (χ2n) is 26.2. The first-order chi connectivity index (χ1) is 52.1. The molecule has 14 atom stereocenters. The Bertz CT molecular complexity index is 3390. The lowest BCUT2D eigenvalue weighted by molar-refractivity contribution is -0.284. The van der Waals surface area contributed by atoms with Crippen LogP contribution in [0.15, 0.2) is 95.2 Å². The molecule has 0 aliphatic carbocycles. The van der Waals surface area contributed by atoms with Crippen molar-refractivity contribution < 1.29 is 108 Å². The van der Waals surface area contributed by atoms with Crippen LogP contribution in [0, 0.1) is 45.3 Å². The van der Waals surface area contributed by atoms with Crippen LogP contribution in [0.3, 0.4) is 0 Å². The van der Waals surface area contributed by atoms with Crippen molar-refractivity contribution in [2.45, 2.75) is 160 Å². The minimum absolute atomic E-state index is 0. The highest BCUT2D eigenvalue weighted by Crippen LogP contribution is 2.47. The Morgan fingerprint density at radius 3 is 1.39 bits per heavy atom. The lowest BCUT2D eigenvalue weighted by Crippen LogP contribution is -2.55. The number of rotatable bonds is 44. The molecule has 4 rings (SSSR count). The maximum Gasteiger partial charge on any atom is 0.305 e. The van der Waals surface area contributed by atoms with Gasteiger partial charge in [0.05, 0.1) is 135 Å². The largest absolute Gasteiger partial charge is 0.466 e. The summed E-state index contributed by atoms with van der Waals surface area (Å²) >= 11 is 13.5. The highest BCUT2D eigenvalue weighted by atomic mass is 32.2. The van der Waals surface area contributed by atoms with Crippen LogP contribution in [0.5, 0.6) is 0 Å². The van der Waals surface area contributed by atoms with Gasteiger partial charge in [-0.25, -0.2) is 0 Å². The lowest BCUT2D eigenvalue weighted by Gasteiger charge is -2.40. The van der Waals surface area contributed by atoms with E-state index in [1.807, 2.05) is 48.5 Å². The van der Waals surface area contributed by atoms with Crippen molar-refractivity contribution in [1.29, 1.82) is 10.5 Å². The third-order valence-corrected chi connectivity index (χ3v) is 19.8. The van der Waals surface area contributed by atoms with Crippen LogP contribution < -0.4 is 21.3 Å². The monoisotopic (exact) mass is 1640 g/mol. The van der Waals surface area contributed by atoms with Gasteiger partial charge in [-0.2, -0.15) is 10.5 Å². The number of benzene rings is 2. The predicted molar refractivity (Wildman–Crippen MR) is 423 cm³/mol. The van der Waals surface area contributed by atoms with E-state index in [1.165, 1.54) is 11.8 Å². The molecule has 0 radical (unpaired) electrons. The number of azide groups is 2. The van der Waals surface area contributed by atoms with E-state index < -0.39 is 118 Å². The number of esters is 2. The highest BCUT2D eigenvalue weighted by molar-refractivity contribution is 8.25. The van der Waals surface area contributed by atoms with Crippen LogP contribution in [-0.2, 0) is 66.7 Å². The fraction of sp³-hybridized carbons (Fsp3) is 0.644. The van der Waals surface area contributed by atoms with Crippen LogP contribution >= 0.6 is 48.0 Å². The van der Waals surface area contributed by atoms with E-state index in [0.29, 0.717) is 51.2 Å². The molecule has 0 spiro atoms. The van der Waals surface area contributed by atoms with Crippen LogP contribution in [0.1, 0.15) is 112 Å². The number of aliphatic hydroxyl groups is 8. The molecule has 2 heterocycles. The summed E-state index contributed by atoms with van der Waals surface area (Å²) in [6.45, 7) is 20.7. The minimum Gasteiger partial charge on any atom is -0.466 e. The van der Waals surface area contributed by atoms with Crippen molar-refractivity contribution in [3.63, 3.8) is 0 Å². The molecule has 2 aliphatic heterocycles. The maximum absolute atomic E-state index is 14.1. The molecule has 38 heteroatoms. The van der Waals surface area contributed by atoms with Gasteiger partial charge in [-0.3, -0.25) is 28.8 Å². The fourth-order valence-corrected chi connectivity index (χ4v) is 13.8. The van der Waals surface area contributed by atoms with Crippen LogP contribution in [0.2, 0.25) is 0 Å². The van der Waals surface area contributed by atoms with Gasteiger partial charge in [-0.05, 0) is 82.5 Å². The first-order valence-electron chi connectivity index (χ1n) is 35.2. The molecule has 2 aliphatic rings. The quantitative estimate of drug-likeness (QED) is 0.00767. The van der Waals surface area contributed by atoms with Gasteiger partial charge in [0.1, 0.15) is 29.2 Å². The number of carbonyl (C=O) groups is 6. The van der Waals surface area contributed by atoms with Crippen molar-refractivity contribution in [2.75, 3.05) is 119 Å². The molecular formula is C73H112N12O22S4. The number of amides is 4. The second kappa shape index (κ2) is 56.8. The number of aliphatic hydroxyl groups excluding tert-OH is 8. The van der Waals surface area contributed by atoms with Crippen LogP contribution in [0.4, 0.5) is 0 Å². The van der Waals surface area contributed by atoms with Crippen molar-refractivity contribution in [3.8, 4) is 12.1 Å². The number of hydrogen-bond donors (Lipinski definition) is 12. The predicted octanol–water partition coefficient (Wildman–Crippen LogP) is 5.24. The van der Waals surface area contributed by atoms with E-state index >= 15 is 0 Å². The van der Waals surface area contributed by atoms with Crippen molar-refractivity contribution >= 4 is 91.9 Å². The number of carbonyl (C=O) groups excluding carboxylic acids is 6. The van der Waals surface area contributed by atoms with Gasteiger partial charge in [0, 0.05) is 77.2 Å². The number of thioether (sulfide) groups is 2. The number of ether oxygens (including phenoxy) is 8. The molecule has 2 fully saturated rings. The zero-order valence-corrected chi connectivity index (χ0v) is 66.7. The summed E-state index contributed by atoms with van der Waals surface area (Å²) in [6.07, 6.45) is -7.86. The SMILES string of the molecule is C.C=C(C)C(=O)NCCO.C=C(C)C(=O)NCCOCCO[C@H]1O[C@@H](CO)[C@H](O)[C@@H](O)[C@@H]1C.CC(C#N)(CCC(=O)OCCN=[N+]=[N-])SC(=S)c1ccccc1.C[C@@H]1[C@@H](OCCOCCNC(=O)C(C)(CC(C)(CC(C)(C#N)CCC(=O)OCCN=[N+]=[N-])C(=O)NCCO)SC(=S)c2ccccc2)O[C@@H](CO)[C@H](O)[C@H]1O. The molecule has 2 aromatic carbocycles. The van der Waals surface area contributed by atoms with Crippen molar-refractivity contribution in [2.24, 2.45) is 32.9 Å². The van der Waals surface area contributed by atoms with Gasteiger partial charge in [-0.1, -0.05) is 160 Å². The molecule has 34 nitrogen and oxygen atoms in total. The third-order valence-electron chi connectivity index (χ3n) is 16.4. The number of thiocarbonyl (C=S) groups is 2. The summed E-state index contributed by atoms with van der Waals surface area (Å²) < 4.78 is 41.9. The van der Waals surface area contributed by atoms with Crippen molar-refractivity contribution in [1.82, 2.24) is 21.3 Å². The zero-order chi connectivity index (χ0) is 82.9. The lowest BCUT2D eigenvalue weighted by atomic mass is 9.67. The molecule has 0 aromatic heterocycles. The summed E-state index contributed by atoms with van der Waals surface area (Å²) in [5.41, 5.74) is 16.4. The van der Waals surface area contributed by atoms with E-state index in [1.54, 1.807) is 67.5 Å². The molecule has 620 valence electrons. The van der Waals surface area contributed by atoms with E-state index in [4.69, 9.17) is 83.6 Å². The van der Waals surface area contributed by atoms with Gasteiger partial charge in [0.25, 0.3) is 0 Å². The Hall–Kier alpha value is -7.34. The number of nitriles is 2. The second-order valence-corrected chi connectivity index (χ2v) is 30.5. The average Bonchev–Trinajstić information content (AvgIpc) is 0.782. The Morgan fingerprint density at radius 1 is 0.577 bits per heavy atom. The molecule has 2 aromatic rings. The molecule has 4 unspecified atom stereocenters. The fourth-order valence-electron chi connectivity index (χ4n) is 10.3. The first-order valence-corrected chi connectivity index (χ1v) is 37.6. The van der Waals surface area contributed by atoms with Gasteiger partial charge in [-0.15, -0.1) is 0 Å². The Morgan fingerprint density at radius 2 is 0.982 bits per heavy atom. The van der Waals surface area contributed by atoms with Gasteiger partial charge < -0.3 is 100 Å². The van der Waals surface area contributed by atoms with Gasteiger partial charge in [0.15, 0.2) is 12.6 Å². The normalized spacial score (nSPS) is 20.9.